The van der Waals surface area contributed by atoms with E-state index in [1.165, 1.54) is 36.2 Å². The van der Waals surface area contributed by atoms with Gasteiger partial charge >= 0.3 is 0 Å². The molecule has 118 valence electrons. The molecular formula is C18H31N3. The Hall–Kier alpha value is -1.06. The highest BCUT2D eigenvalue weighted by Crippen LogP contribution is 2.27. The Morgan fingerprint density at radius 1 is 1.33 bits per heavy atom. The lowest BCUT2D eigenvalue weighted by Gasteiger charge is -2.32. The molecule has 1 aromatic carbocycles. The van der Waals surface area contributed by atoms with Crippen molar-refractivity contribution in [3.05, 3.63) is 29.3 Å². The third-order valence-electron chi connectivity index (χ3n) is 4.55. The van der Waals surface area contributed by atoms with E-state index in [9.17, 15) is 0 Å². The second-order valence-electron chi connectivity index (χ2n) is 7.16. The van der Waals surface area contributed by atoms with Crippen LogP contribution in [-0.2, 0) is 13.0 Å². The molecule has 0 bridgehead atoms. The summed E-state index contributed by atoms with van der Waals surface area (Å²) in [4.78, 5) is 4.87. The SMILES string of the molecule is CCN(Cc1ccc2c(c1)CCCN2C)CC(C)(C)CN. The molecule has 1 aromatic rings. The zero-order chi connectivity index (χ0) is 15.5. The van der Waals surface area contributed by atoms with Gasteiger partial charge in [-0.1, -0.05) is 32.9 Å². The molecule has 0 saturated heterocycles. The first kappa shape index (κ1) is 16.3. The molecule has 0 amide bonds. The fourth-order valence-corrected chi connectivity index (χ4v) is 3.14. The lowest BCUT2D eigenvalue weighted by molar-refractivity contribution is 0.183. The highest BCUT2D eigenvalue weighted by molar-refractivity contribution is 5.56. The quantitative estimate of drug-likeness (QED) is 0.874. The minimum absolute atomic E-state index is 0.185. The molecule has 2 rings (SSSR count). The second-order valence-corrected chi connectivity index (χ2v) is 7.16. The van der Waals surface area contributed by atoms with Crippen molar-refractivity contribution in [2.75, 3.05) is 38.1 Å². The van der Waals surface area contributed by atoms with Crippen LogP contribution >= 0.6 is 0 Å². The van der Waals surface area contributed by atoms with Gasteiger partial charge in [-0.25, -0.2) is 0 Å². The van der Waals surface area contributed by atoms with E-state index >= 15 is 0 Å². The number of hydrogen-bond donors (Lipinski definition) is 1. The van der Waals surface area contributed by atoms with Gasteiger partial charge in [0.05, 0.1) is 0 Å². The van der Waals surface area contributed by atoms with Gasteiger partial charge in [0, 0.05) is 32.4 Å². The van der Waals surface area contributed by atoms with Crippen molar-refractivity contribution in [1.29, 1.82) is 0 Å². The molecule has 21 heavy (non-hydrogen) atoms. The van der Waals surface area contributed by atoms with Crippen LogP contribution in [0.4, 0.5) is 5.69 Å². The van der Waals surface area contributed by atoms with Gasteiger partial charge < -0.3 is 10.6 Å². The van der Waals surface area contributed by atoms with E-state index in [1.54, 1.807) is 0 Å². The summed E-state index contributed by atoms with van der Waals surface area (Å²) in [6.07, 6.45) is 2.48. The molecule has 0 aromatic heterocycles. The van der Waals surface area contributed by atoms with Gasteiger partial charge in [-0.05, 0) is 48.5 Å². The number of aryl methyl sites for hydroxylation is 1. The second kappa shape index (κ2) is 6.80. The highest BCUT2D eigenvalue weighted by atomic mass is 15.1. The van der Waals surface area contributed by atoms with E-state index in [2.05, 4.69) is 55.8 Å². The Bertz CT molecular complexity index is 468. The number of benzene rings is 1. The van der Waals surface area contributed by atoms with E-state index < -0.39 is 0 Å². The molecule has 0 saturated carbocycles. The molecule has 0 aliphatic carbocycles. The molecule has 0 radical (unpaired) electrons. The average Bonchev–Trinajstić information content (AvgIpc) is 2.46. The van der Waals surface area contributed by atoms with Gasteiger partial charge in [0.25, 0.3) is 0 Å². The topological polar surface area (TPSA) is 32.5 Å². The molecule has 0 atom stereocenters. The Morgan fingerprint density at radius 2 is 2.10 bits per heavy atom. The van der Waals surface area contributed by atoms with Gasteiger partial charge in [0.15, 0.2) is 0 Å². The third kappa shape index (κ3) is 4.21. The number of hydrogen-bond acceptors (Lipinski definition) is 3. The first-order chi connectivity index (χ1) is 9.95. The predicted molar refractivity (Wildman–Crippen MR) is 91.8 cm³/mol. The van der Waals surface area contributed by atoms with Crippen molar-refractivity contribution in [2.45, 2.75) is 40.2 Å². The summed E-state index contributed by atoms with van der Waals surface area (Å²) in [5.41, 5.74) is 10.4. The van der Waals surface area contributed by atoms with Gasteiger partial charge in [-0.2, -0.15) is 0 Å². The molecular weight excluding hydrogens is 258 g/mol. The maximum atomic E-state index is 5.88. The molecule has 1 aliphatic rings. The zero-order valence-electron chi connectivity index (χ0n) is 14.2. The zero-order valence-corrected chi connectivity index (χ0v) is 14.2. The third-order valence-corrected chi connectivity index (χ3v) is 4.55. The van der Waals surface area contributed by atoms with Crippen molar-refractivity contribution < 1.29 is 0 Å². The predicted octanol–water partition coefficient (Wildman–Crippen LogP) is 2.88. The summed E-state index contributed by atoms with van der Waals surface area (Å²) in [5, 5.41) is 0. The number of nitrogens with zero attached hydrogens (tertiary/aromatic N) is 2. The van der Waals surface area contributed by atoms with Crippen LogP contribution in [0.5, 0.6) is 0 Å². The summed E-state index contributed by atoms with van der Waals surface area (Å²) >= 11 is 0. The fraction of sp³-hybridized carbons (Fsp3) is 0.667. The van der Waals surface area contributed by atoms with E-state index in [0.717, 1.165) is 26.2 Å². The maximum absolute atomic E-state index is 5.88. The fourth-order valence-electron chi connectivity index (χ4n) is 3.14. The Kier molecular flexibility index (Phi) is 5.28. The number of fused-ring (bicyclic) bond motifs is 1. The van der Waals surface area contributed by atoms with Crippen LogP contribution in [0, 0.1) is 5.41 Å². The van der Waals surface area contributed by atoms with Crippen LogP contribution in [-0.4, -0.2) is 38.1 Å². The van der Waals surface area contributed by atoms with E-state index in [4.69, 9.17) is 5.73 Å². The maximum Gasteiger partial charge on any atom is 0.0396 e. The molecule has 2 N–H and O–H groups in total. The number of rotatable bonds is 6. The van der Waals surface area contributed by atoms with Gasteiger partial charge in [0.1, 0.15) is 0 Å². The lowest BCUT2D eigenvalue weighted by atomic mass is 9.92. The van der Waals surface area contributed by atoms with Gasteiger partial charge in [-0.3, -0.25) is 4.90 Å². The van der Waals surface area contributed by atoms with Crippen molar-refractivity contribution in [3.63, 3.8) is 0 Å². The van der Waals surface area contributed by atoms with Crippen molar-refractivity contribution in [1.82, 2.24) is 4.90 Å². The summed E-state index contributed by atoms with van der Waals surface area (Å²) in [6, 6.07) is 6.99. The summed E-state index contributed by atoms with van der Waals surface area (Å²) < 4.78 is 0. The van der Waals surface area contributed by atoms with Crippen LogP contribution in [0.1, 0.15) is 38.3 Å². The molecule has 0 fully saturated rings. The summed E-state index contributed by atoms with van der Waals surface area (Å²) in [5.74, 6) is 0. The average molecular weight is 289 g/mol. The largest absolute Gasteiger partial charge is 0.374 e. The summed E-state index contributed by atoms with van der Waals surface area (Å²) in [7, 11) is 2.19. The normalized spacial score (nSPS) is 15.4. The number of nitrogens with two attached hydrogens (primary N) is 1. The first-order valence-corrected chi connectivity index (χ1v) is 8.20. The lowest BCUT2D eigenvalue weighted by Crippen LogP contribution is -2.38. The first-order valence-electron chi connectivity index (χ1n) is 8.20. The number of anilines is 1. The van der Waals surface area contributed by atoms with Crippen LogP contribution in [0.15, 0.2) is 18.2 Å². The minimum atomic E-state index is 0.185. The Labute approximate surface area is 130 Å². The van der Waals surface area contributed by atoms with E-state index in [-0.39, 0.29) is 5.41 Å². The molecule has 1 heterocycles. The molecule has 3 nitrogen and oxygen atoms in total. The van der Waals surface area contributed by atoms with Crippen molar-refractivity contribution in [3.8, 4) is 0 Å². The van der Waals surface area contributed by atoms with Crippen molar-refractivity contribution in [2.24, 2.45) is 11.1 Å². The van der Waals surface area contributed by atoms with Crippen molar-refractivity contribution >= 4 is 5.69 Å². The van der Waals surface area contributed by atoms with Gasteiger partial charge in [-0.15, -0.1) is 0 Å². The Morgan fingerprint density at radius 3 is 2.76 bits per heavy atom. The molecule has 3 heteroatoms. The van der Waals surface area contributed by atoms with Crippen LogP contribution in [0.2, 0.25) is 0 Å². The van der Waals surface area contributed by atoms with E-state index in [1.807, 2.05) is 0 Å². The van der Waals surface area contributed by atoms with Crippen LogP contribution < -0.4 is 10.6 Å². The highest BCUT2D eigenvalue weighted by Gasteiger charge is 2.20. The standard InChI is InChI=1S/C18H31N3/c1-5-21(14-18(2,3)13-19)12-15-8-9-17-16(11-15)7-6-10-20(17)4/h8-9,11H,5-7,10,12-14,19H2,1-4H3. The molecule has 0 spiro atoms. The van der Waals surface area contributed by atoms with E-state index in [0.29, 0.717) is 0 Å². The smallest absolute Gasteiger partial charge is 0.0396 e. The molecule has 1 aliphatic heterocycles. The minimum Gasteiger partial charge on any atom is -0.374 e. The van der Waals surface area contributed by atoms with Gasteiger partial charge in [0.2, 0.25) is 0 Å². The monoisotopic (exact) mass is 289 g/mol. The summed E-state index contributed by atoms with van der Waals surface area (Å²) in [6.45, 7) is 11.8. The van der Waals surface area contributed by atoms with Crippen LogP contribution in [0.3, 0.4) is 0 Å². The molecule has 0 unspecified atom stereocenters. The Balaban J connectivity index is 2.08. The van der Waals surface area contributed by atoms with Crippen LogP contribution in [0.25, 0.3) is 0 Å².